The van der Waals surface area contributed by atoms with Crippen LogP contribution in [0.4, 0.5) is 15.6 Å². The lowest BCUT2D eigenvalue weighted by molar-refractivity contribution is 0.208. The maximum absolute atomic E-state index is 12.6. The molecule has 1 saturated heterocycles. The standard InChI is InChI=1S/C22H26N4O2S/c1-3-16-6-5-7-19-20(16)24-22(29-19)26-14-12-25(13-15-26)21(27)23-17-8-10-18(11-9-17)28-4-2/h5-11H,3-4,12-15H2,1-2H3,(H,23,27). The van der Waals surface area contributed by atoms with Gasteiger partial charge < -0.3 is 19.9 Å². The molecule has 0 spiro atoms. The molecule has 1 fully saturated rings. The Bertz CT molecular complexity index is 978. The Morgan fingerprint density at radius 1 is 1.10 bits per heavy atom. The molecule has 0 unspecified atom stereocenters. The summed E-state index contributed by atoms with van der Waals surface area (Å²) in [7, 11) is 0. The molecule has 2 heterocycles. The molecule has 0 bridgehead atoms. The third kappa shape index (κ3) is 4.29. The van der Waals surface area contributed by atoms with Gasteiger partial charge in [-0.1, -0.05) is 30.4 Å². The fraction of sp³-hybridized carbons (Fsp3) is 0.364. The van der Waals surface area contributed by atoms with Crippen LogP contribution < -0.4 is 15.0 Å². The average molecular weight is 411 g/mol. The van der Waals surface area contributed by atoms with Gasteiger partial charge in [-0.05, 0) is 49.2 Å². The number of anilines is 2. The number of rotatable bonds is 5. The molecule has 6 nitrogen and oxygen atoms in total. The van der Waals surface area contributed by atoms with Crippen molar-refractivity contribution in [2.75, 3.05) is 43.0 Å². The highest BCUT2D eigenvalue weighted by Crippen LogP contribution is 2.31. The van der Waals surface area contributed by atoms with E-state index in [0.717, 1.165) is 41.6 Å². The molecule has 3 aromatic rings. The van der Waals surface area contributed by atoms with Crippen molar-refractivity contribution in [3.05, 3.63) is 48.0 Å². The topological polar surface area (TPSA) is 57.7 Å². The Kier molecular flexibility index (Phi) is 5.85. The predicted molar refractivity (Wildman–Crippen MR) is 119 cm³/mol. The molecule has 1 aromatic heterocycles. The van der Waals surface area contributed by atoms with Crippen molar-refractivity contribution in [3.8, 4) is 5.75 Å². The van der Waals surface area contributed by atoms with Gasteiger partial charge in [0, 0.05) is 31.9 Å². The Balaban J connectivity index is 1.36. The van der Waals surface area contributed by atoms with Crippen LogP contribution in [0.5, 0.6) is 5.75 Å². The van der Waals surface area contributed by atoms with Gasteiger partial charge in [-0.25, -0.2) is 9.78 Å². The zero-order chi connectivity index (χ0) is 20.2. The van der Waals surface area contributed by atoms with E-state index in [-0.39, 0.29) is 6.03 Å². The van der Waals surface area contributed by atoms with Crippen molar-refractivity contribution in [1.29, 1.82) is 0 Å². The molecule has 0 atom stereocenters. The van der Waals surface area contributed by atoms with E-state index in [1.54, 1.807) is 11.3 Å². The second-order valence-electron chi connectivity index (χ2n) is 6.98. The third-order valence-electron chi connectivity index (χ3n) is 5.13. The summed E-state index contributed by atoms with van der Waals surface area (Å²) in [6.45, 7) is 7.68. The van der Waals surface area contributed by atoms with Crippen molar-refractivity contribution in [1.82, 2.24) is 9.88 Å². The fourth-order valence-corrected chi connectivity index (χ4v) is 4.58. The van der Waals surface area contributed by atoms with Gasteiger partial charge >= 0.3 is 6.03 Å². The number of hydrogen-bond donors (Lipinski definition) is 1. The van der Waals surface area contributed by atoms with Crippen LogP contribution in [0.2, 0.25) is 0 Å². The summed E-state index contributed by atoms with van der Waals surface area (Å²) in [6, 6.07) is 13.8. The molecule has 2 amide bonds. The molecule has 4 rings (SSSR count). The number of hydrogen-bond acceptors (Lipinski definition) is 5. The number of nitrogens with one attached hydrogen (secondary N) is 1. The van der Waals surface area contributed by atoms with Gasteiger partial charge in [0.2, 0.25) is 0 Å². The molecule has 0 aliphatic carbocycles. The highest BCUT2D eigenvalue weighted by molar-refractivity contribution is 7.22. The maximum atomic E-state index is 12.6. The van der Waals surface area contributed by atoms with Crippen LogP contribution in [0.25, 0.3) is 10.2 Å². The molecule has 1 aliphatic heterocycles. The van der Waals surface area contributed by atoms with E-state index in [4.69, 9.17) is 9.72 Å². The number of aryl methyl sites for hydroxylation is 1. The van der Waals surface area contributed by atoms with Crippen LogP contribution in [-0.4, -0.2) is 48.7 Å². The number of carbonyl (C=O) groups excluding carboxylic acids is 1. The molecule has 2 aromatic carbocycles. The molecular formula is C22H26N4O2S. The number of para-hydroxylation sites is 1. The van der Waals surface area contributed by atoms with Crippen molar-refractivity contribution >= 4 is 38.4 Å². The van der Waals surface area contributed by atoms with Gasteiger partial charge in [0.15, 0.2) is 5.13 Å². The molecular weight excluding hydrogens is 384 g/mol. The Labute approximate surface area is 175 Å². The number of aromatic nitrogens is 1. The lowest BCUT2D eigenvalue weighted by Crippen LogP contribution is -2.50. The summed E-state index contributed by atoms with van der Waals surface area (Å²) in [5.74, 6) is 0.807. The van der Waals surface area contributed by atoms with E-state index in [2.05, 4.69) is 35.3 Å². The summed E-state index contributed by atoms with van der Waals surface area (Å²) in [5, 5.41) is 4.02. The summed E-state index contributed by atoms with van der Waals surface area (Å²) in [5.41, 5.74) is 3.18. The number of thiazole rings is 1. The van der Waals surface area contributed by atoms with Gasteiger partial charge in [-0.2, -0.15) is 0 Å². The molecule has 0 radical (unpaired) electrons. The lowest BCUT2D eigenvalue weighted by atomic mass is 10.1. The average Bonchev–Trinajstić information content (AvgIpc) is 3.20. The zero-order valence-corrected chi connectivity index (χ0v) is 17.7. The first-order chi connectivity index (χ1) is 14.2. The van der Waals surface area contributed by atoms with Crippen LogP contribution in [0.15, 0.2) is 42.5 Å². The summed E-state index contributed by atoms with van der Waals surface area (Å²) < 4.78 is 6.67. The second-order valence-corrected chi connectivity index (χ2v) is 7.98. The first-order valence-electron chi connectivity index (χ1n) is 10.1. The summed E-state index contributed by atoms with van der Waals surface area (Å²) in [6.07, 6.45) is 0.986. The first kappa shape index (κ1) is 19.5. The van der Waals surface area contributed by atoms with Crippen LogP contribution >= 0.6 is 11.3 Å². The minimum Gasteiger partial charge on any atom is -0.494 e. The smallest absolute Gasteiger partial charge is 0.321 e. The number of nitrogens with zero attached hydrogens (tertiary/aromatic N) is 3. The molecule has 1 aliphatic rings. The van der Waals surface area contributed by atoms with Gasteiger partial charge in [-0.3, -0.25) is 0 Å². The molecule has 29 heavy (non-hydrogen) atoms. The number of piperazine rings is 1. The number of urea groups is 1. The van der Waals surface area contributed by atoms with E-state index in [1.807, 2.05) is 36.1 Å². The number of amides is 2. The quantitative estimate of drug-likeness (QED) is 0.667. The van der Waals surface area contributed by atoms with E-state index in [9.17, 15) is 4.79 Å². The minimum absolute atomic E-state index is 0.0635. The molecule has 152 valence electrons. The first-order valence-corrected chi connectivity index (χ1v) is 10.9. The summed E-state index contributed by atoms with van der Waals surface area (Å²) in [4.78, 5) is 21.6. The molecule has 7 heteroatoms. The van der Waals surface area contributed by atoms with Crippen molar-refractivity contribution in [3.63, 3.8) is 0 Å². The van der Waals surface area contributed by atoms with Gasteiger partial charge in [0.1, 0.15) is 5.75 Å². The van der Waals surface area contributed by atoms with E-state index in [1.165, 1.54) is 10.3 Å². The number of fused-ring (bicyclic) bond motifs is 1. The number of ether oxygens (including phenoxy) is 1. The van der Waals surface area contributed by atoms with Crippen LogP contribution in [-0.2, 0) is 6.42 Å². The van der Waals surface area contributed by atoms with Gasteiger partial charge in [-0.15, -0.1) is 0 Å². The predicted octanol–water partition coefficient (Wildman–Crippen LogP) is 4.61. The van der Waals surface area contributed by atoms with Crippen molar-refractivity contribution in [2.24, 2.45) is 0 Å². The molecule has 0 saturated carbocycles. The van der Waals surface area contributed by atoms with Crippen LogP contribution in [0.1, 0.15) is 19.4 Å². The van der Waals surface area contributed by atoms with Crippen LogP contribution in [0, 0.1) is 0 Å². The third-order valence-corrected chi connectivity index (χ3v) is 6.21. The number of benzene rings is 2. The highest BCUT2D eigenvalue weighted by Gasteiger charge is 2.23. The van der Waals surface area contributed by atoms with E-state index < -0.39 is 0 Å². The van der Waals surface area contributed by atoms with E-state index in [0.29, 0.717) is 19.7 Å². The van der Waals surface area contributed by atoms with Gasteiger partial charge in [0.05, 0.1) is 16.8 Å². The molecule has 1 N–H and O–H groups in total. The fourth-order valence-electron chi connectivity index (χ4n) is 3.52. The van der Waals surface area contributed by atoms with Crippen LogP contribution in [0.3, 0.4) is 0 Å². The van der Waals surface area contributed by atoms with Crippen molar-refractivity contribution < 1.29 is 9.53 Å². The van der Waals surface area contributed by atoms with Gasteiger partial charge in [0.25, 0.3) is 0 Å². The highest BCUT2D eigenvalue weighted by atomic mass is 32.1. The second kappa shape index (κ2) is 8.69. The number of carbonyl (C=O) groups is 1. The Morgan fingerprint density at radius 2 is 1.86 bits per heavy atom. The summed E-state index contributed by atoms with van der Waals surface area (Å²) >= 11 is 1.73. The largest absolute Gasteiger partial charge is 0.494 e. The maximum Gasteiger partial charge on any atom is 0.321 e. The SMILES string of the molecule is CCOc1ccc(NC(=O)N2CCN(c3nc4c(CC)cccc4s3)CC2)cc1. The zero-order valence-electron chi connectivity index (χ0n) is 16.9. The Hall–Kier alpha value is -2.80. The van der Waals surface area contributed by atoms with E-state index >= 15 is 0 Å². The normalized spacial score (nSPS) is 14.3. The minimum atomic E-state index is -0.0635. The Morgan fingerprint density at radius 3 is 2.55 bits per heavy atom. The van der Waals surface area contributed by atoms with Crippen molar-refractivity contribution in [2.45, 2.75) is 20.3 Å². The lowest BCUT2D eigenvalue weighted by Gasteiger charge is -2.34. The monoisotopic (exact) mass is 410 g/mol.